The SMILES string of the molecule is Cc1c(C(=O)c2no[n+]([O-])c2C(=O)c2c([N+](=O)[O-])nn(C)c2C)c([N+](=O)[O-])nn1C. The van der Waals surface area contributed by atoms with Crippen LogP contribution in [-0.2, 0) is 14.1 Å². The highest BCUT2D eigenvalue weighted by molar-refractivity contribution is 6.19. The molecule has 3 aromatic rings. The van der Waals surface area contributed by atoms with Crippen molar-refractivity contribution in [2.24, 2.45) is 14.1 Å². The first-order valence-corrected chi connectivity index (χ1v) is 8.02. The van der Waals surface area contributed by atoms with E-state index in [2.05, 4.69) is 20.0 Å². The summed E-state index contributed by atoms with van der Waals surface area (Å²) in [5.74, 6) is -4.10. The van der Waals surface area contributed by atoms with Gasteiger partial charge in [0.25, 0.3) is 17.3 Å². The van der Waals surface area contributed by atoms with Gasteiger partial charge in [0.15, 0.2) is 0 Å². The molecule has 0 aliphatic rings. The third kappa shape index (κ3) is 2.86. The van der Waals surface area contributed by atoms with Crippen molar-refractivity contribution in [1.82, 2.24) is 24.7 Å². The van der Waals surface area contributed by atoms with E-state index in [1.165, 1.54) is 27.9 Å². The fourth-order valence-corrected chi connectivity index (χ4v) is 2.79. The summed E-state index contributed by atoms with van der Waals surface area (Å²) < 4.78 is 6.46. The lowest BCUT2D eigenvalue weighted by Gasteiger charge is -1.99. The standard InChI is InChI=1S/C14H12N8O8/c1-5-7(13(20(25)26)15-18(5)3)11(23)9-10(22(29)30-17-9)12(24)8-6(2)19(4)16-14(8)21(27)28/h1-4H3. The smallest absolute Gasteiger partial charge is 0.359 e. The monoisotopic (exact) mass is 420 g/mol. The van der Waals surface area contributed by atoms with Gasteiger partial charge in [-0.15, -0.1) is 0 Å². The van der Waals surface area contributed by atoms with Crippen LogP contribution in [0.5, 0.6) is 0 Å². The first-order valence-electron chi connectivity index (χ1n) is 8.02. The number of ketones is 2. The predicted molar refractivity (Wildman–Crippen MR) is 91.5 cm³/mol. The second kappa shape index (κ2) is 6.83. The maximum atomic E-state index is 13.0. The zero-order chi connectivity index (χ0) is 22.5. The lowest BCUT2D eigenvalue weighted by Crippen LogP contribution is -2.33. The average Bonchev–Trinajstić information content (AvgIpc) is 3.29. The van der Waals surface area contributed by atoms with E-state index in [0.717, 1.165) is 9.36 Å². The summed E-state index contributed by atoms with van der Waals surface area (Å²) in [5.41, 5.74) is -2.79. The molecule has 0 aromatic carbocycles. The molecular weight excluding hydrogens is 408 g/mol. The number of hydrogen-bond donors (Lipinski definition) is 0. The summed E-state index contributed by atoms with van der Waals surface area (Å²) in [6.45, 7) is 2.70. The second-order valence-electron chi connectivity index (χ2n) is 6.11. The van der Waals surface area contributed by atoms with Gasteiger partial charge in [-0.25, -0.2) is 0 Å². The van der Waals surface area contributed by atoms with Crippen molar-refractivity contribution in [2.45, 2.75) is 13.8 Å². The molecule has 0 spiro atoms. The molecule has 0 fully saturated rings. The van der Waals surface area contributed by atoms with Crippen LogP contribution in [0, 0.1) is 39.3 Å². The molecular formula is C14H12N8O8. The Morgan fingerprint density at radius 2 is 1.37 bits per heavy atom. The molecule has 0 aliphatic carbocycles. The number of carbonyl (C=O) groups excluding carboxylic acids is 2. The van der Waals surface area contributed by atoms with E-state index in [1.54, 1.807) is 0 Å². The molecule has 3 aromatic heterocycles. The van der Waals surface area contributed by atoms with Crippen LogP contribution in [0.1, 0.15) is 43.5 Å². The molecule has 0 saturated heterocycles. The summed E-state index contributed by atoms with van der Waals surface area (Å²) in [6, 6.07) is 0. The molecule has 0 unspecified atom stereocenters. The number of rotatable bonds is 6. The van der Waals surface area contributed by atoms with Crippen LogP contribution < -0.4 is 4.90 Å². The van der Waals surface area contributed by atoms with Gasteiger partial charge in [0, 0.05) is 0 Å². The van der Waals surface area contributed by atoms with Crippen LogP contribution in [0.2, 0.25) is 0 Å². The Balaban J connectivity index is 2.21. The van der Waals surface area contributed by atoms with Crippen LogP contribution in [0.25, 0.3) is 0 Å². The molecule has 0 radical (unpaired) electrons. The Morgan fingerprint density at radius 1 is 0.933 bits per heavy atom. The normalized spacial score (nSPS) is 10.9. The van der Waals surface area contributed by atoms with Crippen molar-refractivity contribution in [3.8, 4) is 0 Å². The zero-order valence-electron chi connectivity index (χ0n) is 15.8. The number of nitro groups is 2. The van der Waals surface area contributed by atoms with Gasteiger partial charge in [-0.1, -0.05) is 0 Å². The third-order valence-electron chi connectivity index (χ3n) is 4.47. The number of nitrogens with zero attached hydrogens (tertiary/aromatic N) is 8. The van der Waals surface area contributed by atoms with E-state index in [-0.39, 0.29) is 11.4 Å². The topological polar surface area (TPSA) is 209 Å². The lowest BCUT2D eigenvalue weighted by atomic mass is 10.0. The van der Waals surface area contributed by atoms with Gasteiger partial charge >= 0.3 is 17.3 Å². The van der Waals surface area contributed by atoms with Gasteiger partial charge in [-0.3, -0.25) is 14.2 Å². The maximum absolute atomic E-state index is 13.0. The third-order valence-corrected chi connectivity index (χ3v) is 4.47. The molecule has 156 valence electrons. The molecule has 3 heterocycles. The van der Waals surface area contributed by atoms with Crippen molar-refractivity contribution in [1.29, 1.82) is 0 Å². The largest absolute Gasteiger partial charge is 0.401 e. The van der Waals surface area contributed by atoms with Crippen molar-refractivity contribution < 1.29 is 29.0 Å². The Bertz CT molecular complexity index is 1250. The molecule has 0 aliphatic heterocycles. The number of aryl methyl sites for hydroxylation is 2. The van der Waals surface area contributed by atoms with Gasteiger partial charge < -0.3 is 25.4 Å². The molecule has 16 nitrogen and oxygen atoms in total. The maximum Gasteiger partial charge on any atom is 0.401 e. The van der Waals surface area contributed by atoms with Crippen LogP contribution in [0.4, 0.5) is 11.6 Å². The highest BCUT2D eigenvalue weighted by Gasteiger charge is 2.42. The summed E-state index contributed by atoms with van der Waals surface area (Å²) in [5, 5.41) is 45.0. The van der Waals surface area contributed by atoms with Crippen LogP contribution in [-0.4, -0.2) is 46.1 Å². The van der Waals surface area contributed by atoms with Gasteiger partial charge in [-0.05, 0) is 28.6 Å². The van der Waals surface area contributed by atoms with Crippen molar-refractivity contribution in [3.05, 3.63) is 59.3 Å². The molecule has 30 heavy (non-hydrogen) atoms. The minimum atomic E-state index is -1.25. The second-order valence-corrected chi connectivity index (χ2v) is 6.11. The molecule has 0 bridgehead atoms. The summed E-state index contributed by atoms with van der Waals surface area (Å²) >= 11 is 0. The molecule has 0 amide bonds. The van der Waals surface area contributed by atoms with Crippen molar-refractivity contribution in [3.63, 3.8) is 0 Å². The first-order chi connectivity index (χ1) is 14.0. The van der Waals surface area contributed by atoms with E-state index in [9.17, 15) is 35.0 Å². The average molecular weight is 420 g/mol. The Labute approximate surface area is 165 Å². The Hall–Kier alpha value is -4.50. The minimum Gasteiger partial charge on any atom is -0.359 e. The summed E-state index contributed by atoms with van der Waals surface area (Å²) in [7, 11) is 2.69. The van der Waals surface area contributed by atoms with E-state index < -0.39 is 60.5 Å². The van der Waals surface area contributed by atoms with Crippen LogP contribution in [0.3, 0.4) is 0 Å². The summed E-state index contributed by atoms with van der Waals surface area (Å²) in [6.07, 6.45) is 0. The Morgan fingerprint density at radius 3 is 1.80 bits per heavy atom. The van der Waals surface area contributed by atoms with Crippen LogP contribution in [0.15, 0.2) is 4.63 Å². The number of hydrogen-bond acceptors (Lipinski definition) is 11. The molecule has 0 atom stereocenters. The first kappa shape index (κ1) is 20.2. The molecule has 16 heteroatoms. The van der Waals surface area contributed by atoms with E-state index in [0.29, 0.717) is 0 Å². The molecule has 0 N–H and O–H groups in total. The summed E-state index contributed by atoms with van der Waals surface area (Å²) in [4.78, 5) is 46.2. The van der Waals surface area contributed by atoms with Crippen LogP contribution >= 0.6 is 0 Å². The van der Waals surface area contributed by atoms with Gasteiger partial charge in [-0.2, -0.15) is 9.36 Å². The highest BCUT2D eigenvalue weighted by Crippen LogP contribution is 2.27. The van der Waals surface area contributed by atoms with E-state index in [4.69, 9.17) is 0 Å². The van der Waals surface area contributed by atoms with Crippen molar-refractivity contribution in [2.75, 3.05) is 0 Å². The number of carbonyl (C=O) groups is 2. The predicted octanol–water partition coefficient (Wildman–Crippen LogP) is -0.330. The number of aromatic nitrogens is 6. The quantitative estimate of drug-likeness (QED) is 0.218. The molecule has 3 rings (SSSR count). The van der Waals surface area contributed by atoms with E-state index in [1.807, 2.05) is 0 Å². The fourth-order valence-electron chi connectivity index (χ4n) is 2.79. The highest BCUT2D eigenvalue weighted by atomic mass is 16.8. The molecule has 0 saturated carbocycles. The van der Waals surface area contributed by atoms with Gasteiger partial charge in [0.1, 0.15) is 11.1 Å². The minimum absolute atomic E-state index is 0.0369. The van der Waals surface area contributed by atoms with E-state index >= 15 is 0 Å². The lowest BCUT2D eigenvalue weighted by molar-refractivity contribution is -0.803. The fraction of sp³-hybridized carbons (Fsp3) is 0.286. The zero-order valence-corrected chi connectivity index (χ0v) is 15.8. The van der Waals surface area contributed by atoms with Crippen molar-refractivity contribution >= 4 is 23.2 Å². The van der Waals surface area contributed by atoms with Gasteiger partial charge in [0.05, 0.1) is 40.8 Å². The van der Waals surface area contributed by atoms with Gasteiger partial charge in [0.2, 0.25) is 0 Å². The Kier molecular flexibility index (Phi) is 4.61.